The van der Waals surface area contributed by atoms with Crippen LogP contribution in [-0.2, 0) is 19.5 Å². The molecule has 0 amide bonds. The number of hydrogen-bond acceptors (Lipinski definition) is 13. The zero-order valence-corrected chi connectivity index (χ0v) is 22.8. The van der Waals surface area contributed by atoms with Crippen LogP contribution in [0.15, 0.2) is 121 Å². The first kappa shape index (κ1) is 33.7. The number of nitrogens with zero attached hydrogens (tertiary/aromatic N) is 6. The van der Waals surface area contributed by atoms with Crippen molar-refractivity contribution in [2.75, 3.05) is 5.32 Å². The normalized spacial score (nSPS) is 9.50. The molecule has 1 N–H and O–H groups in total. The van der Waals surface area contributed by atoms with E-state index in [1.165, 1.54) is 0 Å². The Bertz CT molecular complexity index is 1260. The quantitative estimate of drug-likeness (QED) is 0.163. The molecule has 0 aromatic carbocycles. The fourth-order valence-electron chi connectivity index (χ4n) is 2.75. The molecule has 0 spiro atoms. The molecule has 0 bridgehead atoms. The van der Waals surface area contributed by atoms with Gasteiger partial charge < -0.3 is 15.4 Å². The molecule has 5 aromatic heterocycles. The molecule has 0 saturated carbocycles. The smallest absolute Gasteiger partial charge is 0.444 e. The predicted octanol–water partition coefficient (Wildman–Crippen LogP) is 0.918. The van der Waals surface area contributed by atoms with Crippen molar-refractivity contribution in [2.45, 2.75) is 0 Å². The first-order chi connectivity index (χ1) is 18.8. The number of rotatable bonds is 4. The largest absolute Gasteiger partial charge is 2.00 e. The molecule has 15 heteroatoms. The van der Waals surface area contributed by atoms with Crippen LogP contribution in [0.5, 0.6) is 0 Å². The average Bonchev–Trinajstić information content (AvgIpc) is 2.95. The third-order valence-electron chi connectivity index (χ3n) is 4.19. The zero-order chi connectivity index (χ0) is 28.3. The molecule has 5 aromatic rings. The summed E-state index contributed by atoms with van der Waals surface area (Å²) in [5.74, 6) is 1.61. The summed E-state index contributed by atoms with van der Waals surface area (Å²) in [5, 5.41) is 12.1. The van der Waals surface area contributed by atoms with Crippen LogP contribution in [-0.4, -0.2) is 24.9 Å². The summed E-state index contributed by atoms with van der Waals surface area (Å²) in [4.78, 5) is 29.4. The predicted molar refractivity (Wildman–Crippen MR) is 132 cm³/mol. The van der Waals surface area contributed by atoms with Gasteiger partial charge in [-0.1, -0.05) is 30.3 Å². The fourth-order valence-corrected chi connectivity index (χ4v) is 2.75. The topological polar surface area (TPSA) is 221 Å². The van der Waals surface area contributed by atoms with E-state index in [9.17, 15) is 0 Å². The van der Waals surface area contributed by atoms with Gasteiger partial charge in [-0.25, -0.2) is 33.6 Å². The van der Waals surface area contributed by atoms with Crippen molar-refractivity contribution in [3.05, 3.63) is 126 Å². The van der Waals surface area contributed by atoms with Gasteiger partial charge in [0.25, 0.3) is 0 Å². The van der Waals surface area contributed by atoms with Crippen LogP contribution < -0.4 is 24.0 Å². The number of halogens is 1. The summed E-state index contributed by atoms with van der Waals surface area (Å²) in [5.41, 5.74) is 3.46. The maximum absolute atomic E-state index is 8.49. The molecule has 0 aliphatic heterocycles. The minimum absolute atomic E-state index is 0. The Morgan fingerprint density at radius 2 is 0.875 bits per heavy atom. The molecular formula is C25H20ClN7O6Ru. The Balaban J connectivity index is 0.000000319. The van der Waals surface area contributed by atoms with E-state index in [0.29, 0.717) is 0 Å². The van der Waals surface area contributed by atoms with Gasteiger partial charge in [0.15, 0.2) is 0 Å². The van der Waals surface area contributed by atoms with Crippen LogP contribution in [0, 0.1) is 20.4 Å². The van der Waals surface area contributed by atoms with Crippen molar-refractivity contribution >= 4 is 11.6 Å². The van der Waals surface area contributed by atoms with Crippen molar-refractivity contribution < 1.29 is 48.4 Å². The van der Waals surface area contributed by atoms with E-state index in [1.807, 2.05) is 91.0 Å². The number of anilines is 2. The van der Waals surface area contributed by atoms with Crippen LogP contribution in [0.3, 0.4) is 0 Å². The van der Waals surface area contributed by atoms with E-state index < -0.39 is 10.2 Å². The molecule has 0 radical (unpaired) electrons. The van der Waals surface area contributed by atoms with E-state index in [2.05, 4.69) is 30.2 Å². The molecule has 5 rings (SSSR count). The Morgan fingerprint density at radius 3 is 1.18 bits per heavy atom. The second-order valence-electron chi connectivity index (χ2n) is 6.85. The number of aromatic nitrogens is 5. The number of nitrogens with one attached hydrogen (secondary N) is 1. The van der Waals surface area contributed by atoms with Gasteiger partial charge in [0, 0.05) is 24.8 Å². The van der Waals surface area contributed by atoms with Gasteiger partial charge in [0.05, 0.1) is 22.8 Å². The number of pyridine rings is 5. The molecule has 0 saturated heterocycles. The first-order valence-corrected chi connectivity index (χ1v) is 12.0. The van der Waals surface area contributed by atoms with E-state index in [1.54, 1.807) is 24.8 Å². The van der Waals surface area contributed by atoms with Gasteiger partial charge >= 0.3 is 19.5 Å². The molecule has 0 aliphatic rings. The summed E-state index contributed by atoms with van der Waals surface area (Å²) < 4.78 is 34.0. The SMILES string of the molecule is O=N[O-].[O-][Cl+3]([O-])([O-])[O-].[Ru+2].c1ccc(-c2cccc(-c3ccccn3)n2)nc1.c1ccc(Nc2ccccn2)nc1. The molecule has 0 atom stereocenters. The van der Waals surface area contributed by atoms with Crippen LogP contribution in [0.2, 0.25) is 0 Å². The van der Waals surface area contributed by atoms with Crippen LogP contribution in [0.4, 0.5) is 11.6 Å². The average molecular weight is 651 g/mol. The summed E-state index contributed by atoms with van der Waals surface area (Å²) in [6, 6.07) is 28.9. The van der Waals surface area contributed by atoms with E-state index in [0.717, 1.165) is 39.8 Å². The van der Waals surface area contributed by atoms with E-state index in [-0.39, 0.29) is 19.5 Å². The molecule has 5 heterocycles. The van der Waals surface area contributed by atoms with Crippen LogP contribution in [0.1, 0.15) is 0 Å². The van der Waals surface area contributed by atoms with Gasteiger partial charge in [0.2, 0.25) is 0 Å². The van der Waals surface area contributed by atoms with Crippen molar-refractivity contribution in [2.24, 2.45) is 5.34 Å². The Labute approximate surface area is 243 Å². The minimum atomic E-state index is -4.94. The van der Waals surface area contributed by atoms with Gasteiger partial charge in [-0.15, -0.1) is 15.6 Å². The molecule has 0 unspecified atom stereocenters. The molecule has 40 heavy (non-hydrogen) atoms. The molecule has 13 nitrogen and oxygen atoms in total. The molecule has 206 valence electrons. The molecular weight excluding hydrogens is 631 g/mol. The van der Waals surface area contributed by atoms with Gasteiger partial charge in [-0.05, 0) is 60.7 Å². The Hall–Kier alpha value is -4.30. The molecule has 0 fully saturated rings. The number of hydrogen-bond donors (Lipinski definition) is 1. The van der Waals surface area contributed by atoms with E-state index in [4.69, 9.17) is 28.8 Å². The Morgan fingerprint density at radius 1 is 0.550 bits per heavy atom. The Kier molecular flexibility index (Phi) is 15.9. The van der Waals surface area contributed by atoms with Crippen molar-refractivity contribution in [1.29, 1.82) is 0 Å². The van der Waals surface area contributed by atoms with Crippen molar-refractivity contribution in [1.82, 2.24) is 24.9 Å². The van der Waals surface area contributed by atoms with Crippen molar-refractivity contribution in [3.63, 3.8) is 0 Å². The van der Waals surface area contributed by atoms with Crippen LogP contribution >= 0.6 is 0 Å². The summed E-state index contributed by atoms with van der Waals surface area (Å²) in [6.07, 6.45) is 7.02. The van der Waals surface area contributed by atoms with Crippen LogP contribution in [0.25, 0.3) is 22.8 Å². The second-order valence-corrected chi connectivity index (χ2v) is 7.60. The monoisotopic (exact) mass is 651 g/mol. The summed E-state index contributed by atoms with van der Waals surface area (Å²) >= 11 is 0. The van der Waals surface area contributed by atoms with Gasteiger partial charge in [-0.2, -0.15) is 0 Å². The zero-order valence-electron chi connectivity index (χ0n) is 20.3. The van der Waals surface area contributed by atoms with E-state index >= 15 is 0 Å². The first-order valence-electron chi connectivity index (χ1n) is 10.8. The third kappa shape index (κ3) is 14.6. The minimum Gasteiger partial charge on any atom is -0.444 e. The van der Waals surface area contributed by atoms with Gasteiger partial charge in [-0.3, -0.25) is 9.97 Å². The summed E-state index contributed by atoms with van der Waals surface area (Å²) in [7, 11) is -4.94. The fraction of sp³-hybridized carbons (Fsp3) is 0. The maximum atomic E-state index is 8.49. The summed E-state index contributed by atoms with van der Waals surface area (Å²) in [6.45, 7) is 0. The molecule has 0 aliphatic carbocycles. The van der Waals surface area contributed by atoms with Gasteiger partial charge in [0.1, 0.15) is 11.6 Å². The maximum Gasteiger partial charge on any atom is 2.00 e. The second kappa shape index (κ2) is 18.9. The third-order valence-corrected chi connectivity index (χ3v) is 4.19. The standard InChI is InChI=1S/C15H11N3.C10H9N3.ClHO4.HNO2.Ru/c1-3-10-16-12(6-1)14-8-5-9-15(18-14)13-7-2-4-11-17-13;1-3-7-11-9(5-1)13-10-6-2-4-8-12-10;2-1(3,4)5;2-1-3;/h1-11H;1-8H,(H,11,12,13);(H,2,3,4,5);(H,2,3);/q;;;;+2/p-2. The van der Waals surface area contributed by atoms with Crippen molar-refractivity contribution in [3.8, 4) is 22.8 Å².